The van der Waals surface area contributed by atoms with Crippen molar-refractivity contribution in [3.05, 3.63) is 24.3 Å². The molecular weight excluding hydrogens is 356 g/mol. The number of nitrogens with one attached hydrogen (secondary N) is 1. The maximum absolute atomic E-state index is 12.4. The molecule has 1 aromatic carbocycles. The zero-order valence-corrected chi connectivity index (χ0v) is 16.6. The van der Waals surface area contributed by atoms with E-state index in [0.717, 1.165) is 44.3 Å². The maximum atomic E-state index is 12.4. The molecule has 3 fully saturated rings. The van der Waals surface area contributed by atoms with Crippen LogP contribution in [0.5, 0.6) is 0 Å². The first-order valence-corrected chi connectivity index (χ1v) is 10.5. The number of morpholine rings is 1. The number of hydrogen-bond acceptors (Lipinski definition) is 5. The van der Waals surface area contributed by atoms with Gasteiger partial charge in [0.2, 0.25) is 0 Å². The fourth-order valence-electron chi connectivity index (χ4n) is 4.96. The van der Waals surface area contributed by atoms with Crippen molar-refractivity contribution in [2.45, 2.75) is 45.1 Å². The first kappa shape index (κ1) is 19.2. The molecule has 1 aliphatic heterocycles. The number of amides is 1. The van der Waals surface area contributed by atoms with E-state index in [1.807, 2.05) is 24.3 Å². The Balaban J connectivity index is 1.24. The highest BCUT2D eigenvalue weighted by Crippen LogP contribution is 2.49. The van der Waals surface area contributed by atoms with E-state index >= 15 is 0 Å². The van der Waals surface area contributed by atoms with E-state index in [1.54, 1.807) is 6.92 Å². The summed E-state index contributed by atoms with van der Waals surface area (Å²) in [5.41, 5.74) is 1.82. The Morgan fingerprint density at radius 2 is 1.93 bits per heavy atom. The summed E-state index contributed by atoms with van der Waals surface area (Å²) in [4.78, 5) is 26.9. The number of anilines is 2. The van der Waals surface area contributed by atoms with Crippen molar-refractivity contribution in [2.75, 3.05) is 36.5 Å². The Bertz CT molecular complexity index is 699. The summed E-state index contributed by atoms with van der Waals surface area (Å²) >= 11 is 0. The van der Waals surface area contributed by atoms with Crippen LogP contribution < -0.4 is 10.2 Å². The van der Waals surface area contributed by atoms with Crippen molar-refractivity contribution in [3.8, 4) is 0 Å². The quantitative estimate of drug-likeness (QED) is 0.761. The smallest absolute Gasteiger partial charge is 0.306 e. The Labute approximate surface area is 166 Å². The Morgan fingerprint density at radius 3 is 2.57 bits per heavy atom. The molecule has 2 saturated carbocycles. The third-order valence-electron chi connectivity index (χ3n) is 6.50. The summed E-state index contributed by atoms with van der Waals surface area (Å²) in [5.74, 6) is 1.41. The average Bonchev–Trinajstić information content (AvgIpc) is 3.32. The molecule has 4 rings (SSSR count). The Morgan fingerprint density at radius 1 is 1.18 bits per heavy atom. The molecule has 0 spiro atoms. The second-order valence-electron chi connectivity index (χ2n) is 8.41. The largest absolute Gasteiger partial charge is 0.453 e. The van der Waals surface area contributed by atoms with Crippen LogP contribution in [0.15, 0.2) is 24.3 Å². The number of benzene rings is 1. The van der Waals surface area contributed by atoms with Gasteiger partial charge in [-0.15, -0.1) is 0 Å². The molecule has 152 valence electrons. The minimum absolute atomic E-state index is 0.247. The van der Waals surface area contributed by atoms with Crippen LogP contribution in [0.2, 0.25) is 0 Å². The van der Waals surface area contributed by atoms with Gasteiger partial charge in [-0.3, -0.25) is 9.59 Å². The van der Waals surface area contributed by atoms with E-state index in [2.05, 4.69) is 10.2 Å². The lowest BCUT2D eigenvalue weighted by Gasteiger charge is -2.29. The van der Waals surface area contributed by atoms with Gasteiger partial charge >= 0.3 is 5.97 Å². The van der Waals surface area contributed by atoms with Gasteiger partial charge in [-0.2, -0.15) is 0 Å². The molecule has 2 bridgehead atoms. The van der Waals surface area contributed by atoms with Crippen LogP contribution in [-0.4, -0.2) is 44.3 Å². The molecule has 3 aliphatic rings. The summed E-state index contributed by atoms with van der Waals surface area (Å²) in [7, 11) is 0. The van der Waals surface area contributed by atoms with Gasteiger partial charge in [0, 0.05) is 30.9 Å². The number of carbonyl (C=O) groups excluding carboxylic acids is 2. The summed E-state index contributed by atoms with van der Waals surface area (Å²) in [6.07, 6.45) is 4.65. The molecule has 4 atom stereocenters. The Kier molecular flexibility index (Phi) is 5.85. The fourth-order valence-corrected chi connectivity index (χ4v) is 4.96. The zero-order valence-electron chi connectivity index (χ0n) is 16.6. The van der Waals surface area contributed by atoms with E-state index in [0.29, 0.717) is 23.9 Å². The van der Waals surface area contributed by atoms with E-state index < -0.39 is 6.10 Å². The average molecular weight is 386 g/mol. The molecule has 1 N–H and O–H groups in total. The highest BCUT2D eigenvalue weighted by molar-refractivity contribution is 5.95. The molecule has 1 aromatic rings. The monoisotopic (exact) mass is 386 g/mol. The summed E-state index contributed by atoms with van der Waals surface area (Å²) in [6, 6.07) is 7.75. The number of carbonyl (C=O) groups is 2. The molecular formula is C22H30N2O4. The maximum Gasteiger partial charge on any atom is 0.306 e. The molecule has 6 heteroatoms. The lowest BCUT2D eigenvalue weighted by Crippen LogP contribution is -2.36. The number of nitrogens with zero attached hydrogens (tertiary/aromatic N) is 1. The molecule has 0 aromatic heterocycles. The van der Waals surface area contributed by atoms with Gasteiger partial charge in [-0.05, 0) is 68.2 Å². The molecule has 1 saturated heterocycles. The van der Waals surface area contributed by atoms with Crippen LogP contribution >= 0.6 is 0 Å². The number of rotatable bonds is 6. The highest BCUT2D eigenvalue weighted by Gasteiger charge is 2.40. The third kappa shape index (κ3) is 4.49. The molecule has 0 radical (unpaired) electrons. The van der Waals surface area contributed by atoms with E-state index in [9.17, 15) is 9.59 Å². The number of esters is 1. The highest BCUT2D eigenvalue weighted by atomic mass is 16.5. The van der Waals surface area contributed by atoms with Gasteiger partial charge in [-0.25, -0.2) is 0 Å². The SMILES string of the molecule is C[C@H](OC(=O)C[C@H]1C[C@@H]2CC[C@H]1C2)C(=O)Nc1ccc(N2CCOCC2)cc1. The van der Waals surface area contributed by atoms with Gasteiger partial charge in [0.25, 0.3) is 5.91 Å². The molecule has 1 amide bonds. The summed E-state index contributed by atoms with van der Waals surface area (Å²) in [5, 5.41) is 2.84. The van der Waals surface area contributed by atoms with Gasteiger partial charge in [0.15, 0.2) is 6.10 Å². The summed E-state index contributed by atoms with van der Waals surface area (Å²) < 4.78 is 10.8. The number of ether oxygens (including phenoxy) is 2. The Hall–Kier alpha value is -2.08. The number of fused-ring (bicyclic) bond motifs is 2. The van der Waals surface area contributed by atoms with Gasteiger partial charge in [-0.1, -0.05) is 6.42 Å². The molecule has 6 nitrogen and oxygen atoms in total. The van der Waals surface area contributed by atoms with Crippen LogP contribution in [0.25, 0.3) is 0 Å². The van der Waals surface area contributed by atoms with Crippen molar-refractivity contribution >= 4 is 23.3 Å². The number of hydrogen-bond donors (Lipinski definition) is 1. The van der Waals surface area contributed by atoms with Crippen LogP contribution in [0.4, 0.5) is 11.4 Å². The minimum Gasteiger partial charge on any atom is -0.453 e. The predicted molar refractivity (Wildman–Crippen MR) is 107 cm³/mol. The van der Waals surface area contributed by atoms with Gasteiger partial charge in [0.1, 0.15) is 0 Å². The van der Waals surface area contributed by atoms with Crippen molar-refractivity contribution in [1.82, 2.24) is 0 Å². The molecule has 1 heterocycles. The van der Waals surface area contributed by atoms with Crippen LogP contribution in [0.1, 0.15) is 39.0 Å². The second-order valence-corrected chi connectivity index (χ2v) is 8.41. The summed E-state index contributed by atoms with van der Waals surface area (Å²) in [6.45, 7) is 4.87. The van der Waals surface area contributed by atoms with Crippen molar-refractivity contribution in [1.29, 1.82) is 0 Å². The second kappa shape index (κ2) is 8.52. The van der Waals surface area contributed by atoms with Gasteiger partial charge in [0.05, 0.1) is 13.2 Å². The third-order valence-corrected chi connectivity index (χ3v) is 6.50. The van der Waals surface area contributed by atoms with E-state index in [4.69, 9.17) is 9.47 Å². The van der Waals surface area contributed by atoms with Crippen LogP contribution in [0, 0.1) is 17.8 Å². The van der Waals surface area contributed by atoms with E-state index in [-0.39, 0.29) is 11.9 Å². The zero-order chi connectivity index (χ0) is 19.5. The minimum atomic E-state index is -0.787. The first-order chi connectivity index (χ1) is 13.6. The molecule has 28 heavy (non-hydrogen) atoms. The predicted octanol–water partition coefficient (Wildman–Crippen LogP) is 3.22. The van der Waals surface area contributed by atoms with Crippen LogP contribution in [0.3, 0.4) is 0 Å². The fraction of sp³-hybridized carbons (Fsp3) is 0.636. The topological polar surface area (TPSA) is 67.9 Å². The van der Waals surface area contributed by atoms with Gasteiger partial charge < -0.3 is 19.7 Å². The van der Waals surface area contributed by atoms with Crippen molar-refractivity contribution in [3.63, 3.8) is 0 Å². The lowest BCUT2D eigenvalue weighted by molar-refractivity contribution is -0.154. The lowest BCUT2D eigenvalue weighted by atomic mass is 9.86. The molecule has 0 unspecified atom stereocenters. The van der Waals surface area contributed by atoms with Crippen molar-refractivity contribution in [2.24, 2.45) is 17.8 Å². The van der Waals surface area contributed by atoms with Crippen molar-refractivity contribution < 1.29 is 19.1 Å². The standard InChI is InChI=1S/C22H30N2O4/c1-15(28-21(25)14-18-13-16-2-3-17(18)12-16)22(26)23-19-4-6-20(7-5-19)24-8-10-27-11-9-24/h4-7,15-18H,2-3,8-14H2,1H3,(H,23,26)/t15-,16+,17-,18+/m0/s1. The van der Waals surface area contributed by atoms with E-state index in [1.165, 1.54) is 19.3 Å². The first-order valence-electron chi connectivity index (χ1n) is 10.5. The normalized spacial score (nSPS) is 27.5. The molecule has 2 aliphatic carbocycles. The van der Waals surface area contributed by atoms with Crippen LogP contribution in [-0.2, 0) is 19.1 Å².